The minimum absolute atomic E-state index is 0.505. The second-order valence-electron chi connectivity index (χ2n) is 11.6. The first-order valence-electron chi connectivity index (χ1n) is 15.3. The lowest BCUT2D eigenvalue weighted by molar-refractivity contribution is -0.250. The molecule has 4 unspecified atom stereocenters. The van der Waals surface area contributed by atoms with Crippen LogP contribution in [0, 0.1) is 0 Å². The van der Waals surface area contributed by atoms with Crippen LogP contribution in [0.2, 0.25) is 0 Å². The fourth-order valence-electron chi connectivity index (χ4n) is 5.03. The van der Waals surface area contributed by atoms with Crippen LogP contribution in [0.25, 0.3) is 0 Å². The van der Waals surface area contributed by atoms with Crippen molar-refractivity contribution in [1.29, 1.82) is 0 Å². The number of aromatic hydroxyl groups is 12. The highest BCUT2D eigenvalue weighted by Crippen LogP contribution is 2.40. The Kier molecular flexibility index (Phi) is 10.6. The summed E-state index contributed by atoms with van der Waals surface area (Å²) in [6.07, 6.45) is -7.97. The number of phenols is 12. The molecule has 0 amide bonds. The second-order valence-corrected chi connectivity index (χ2v) is 11.6. The third-order valence-electron chi connectivity index (χ3n) is 7.83. The third-order valence-corrected chi connectivity index (χ3v) is 7.83. The Labute approximate surface area is 305 Å². The zero-order valence-electron chi connectivity index (χ0n) is 27.4. The van der Waals surface area contributed by atoms with Crippen molar-refractivity contribution in [3.8, 4) is 69.0 Å². The molecule has 4 aromatic carbocycles. The number of rotatable bonds is 9. The fraction of sp³-hybridized carbons (Fsp3) is 0.176. The monoisotopic (exact) mass is 772 g/mol. The molecule has 1 heterocycles. The first kappa shape index (κ1) is 38.5. The van der Waals surface area contributed by atoms with E-state index in [-0.39, 0.29) is 0 Å². The van der Waals surface area contributed by atoms with Gasteiger partial charge in [-0.2, -0.15) is 0 Å². The quantitative estimate of drug-likeness (QED) is 0.0654. The van der Waals surface area contributed by atoms with Crippen LogP contribution in [0.4, 0.5) is 0 Å². The number of phenolic OH excluding ortho intramolecular Hbond substituents is 12. The van der Waals surface area contributed by atoms with E-state index in [2.05, 4.69) is 0 Å². The second kappa shape index (κ2) is 15.1. The van der Waals surface area contributed by atoms with Gasteiger partial charge in [-0.1, -0.05) is 0 Å². The van der Waals surface area contributed by atoms with Gasteiger partial charge in [0.1, 0.15) is 18.8 Å². The van der Waals surface area contributed by atoms with Crippen molar-refractivity contribution in [3.63, 3.8) is 0 Å². The van der Waals surface area contributed by atoms with Gasteiger partial charge in [0.25, 0.3) is 0 Å². The molecular formula is C34H28O21. The average molecular weight is 773 g/mol. The highest BCUT2D eigenvalue weighted by Gasteiger charge is 2.45. The lowest BCUT2D eigenvalue weighted by Crippen LogP contribution is -2.53. The molecule has 0 aromatic heterocycles. The summed E-state index contributed by atoms with van der Waals surface area (Å²) in [5.74, 6) is -16.8. The number of ether oxygens (including phenoxy) is 5. The predicted octanol–water partition coefficient (Wildman–Crippen LogP) is 1.73. The Morgan fingerprint density at radius 3 is 1.09 bits per heavy atom. The van der Waals surface area contributed by atoms with Gasteiger partial charge in [0, 0.05) is 6.42 Å². The molecule has 1 saturated heterocycles. The normalized spacial score (nSPS) is 17.8. The molecule has 21 nitrogen and oxygen atoms in total. The molecule has 12 N–H and O–H groups in total. The van der Waals surface area contributed by atoms with E-state index in [1.165, 1.54) is 0 Å². The molecule has 0 bridgehead atoms. The molecule has 21 heteroatoms. The zero-order valence-corrected chi connectivity index (χ0v) is 27.4. The lowest BCUT2D eigenvalue weighted by atomic mass is 10.0. The van der Waals surface area contributed by atoms with Crippen molar-refractivity contribution in [2.45, 2.75) is 31.0 Å². The van der Waals surface area contributed by atoms with E-state index in [4.69, 9.17) is 23.7 Å². The van der Waals surface area contributed by atoms with Crippen LogP contribution >= 0.6 is 0 Å². The van der Waals surface area contributed by atoms with E-state index in [9.17, 15) is 80.5 Å². The topological polar surface area (TPSA) is 357 Å². The average Bonchev–Trinajstić information content (AvgIpc) is 3.13. The summed E-state index contributed by atoms with van der Waals surface area (Å²) in [5.41, 5.74) is -2.23. The molecule has 4 atom stereocenters. The number of hydrogen-bond acceptors (Lipinski definition) is 21. The van der Waals surface area contributed by atoms with Crippen LogP contribution in [-0.2, 0) is 23.7 Å². The maximum Gasteiger partial charge on any atom is 0.340 e. The van der Waals surface area contributed by atoms with Crippen LogP contribution in [-0.4, -0.2) is 116 Å². The van der Waals surface area contributed by atoms with E-state index in [1.54, 1.807) is 0 Å². The molecule has 4 aromatic rings. The molecule has 55 heavy (non-hydrogen) atoms. The number of benzene rings is 4. The van der Waals surface area contributed by atoms with Crippen LogP contribution in [0.1, 0.15) is 47.9 Å². The summed E-state index contributed by atoms with van der Waals surface area (Å²) in [6, 6.07) is 5.58. The van der Waals surface area contributed by atoms with Gasteiger partial charge in [-0.25, -0.2) is 19.2 Å². The van der Waals surface area contributed by atoms with E-state index in [1.807, 2.05) is 0 Å². The standard InChI is InChI=1S/C34H28O21/c35-15-1-11(2-16(36)26(15)43)30(47)51-10-25-23(52-31(48)12-3-17(37)27(44)18(38)4-12)9-24(53-32(49)13-5-19(39)28(45)20(40)6-13)34(54-25)55-33(50)14-7-21(41)29(46)22(42)8-14/h1-8,23-25,34-46H,9-10H2. The smallest absolute Gasteiger partial charge is 0.340 e. The van der Waals surface area contributed by atoms with Gasteiger partial charge >= 0.3 is 23.9 Å². The summed E-state index contributed by atoms with van der Waals surface area (Å²) in [4.78, 5) is 52.5. The minimum Gasteiger partial charge on any atom is -0.504 e. The number of esters is 4. The van der Waals surface area contributed by atoms with Gasteiger partial charge in [-0.05, 0) is 48.5 Å². The Bertz CT molecular complexity index is 2100. The van der Waals surface area contributed by atoms with E-state index < -0.39 is 153 Å². The first-order chi connectivity index (χ1) is 25.8. The molecule has 0 saturated carbocycles. The van der Waals surface area contributed by atoms with Crippen molar-refractivity contribution in [1.82, 2.24) is 0 Å². The van der Waals surface area contributed by atoms with E-state index in [0.717, 1.165) is 12.1 Å². The predicted molar refractivity (Wildman–Crippen MR) is 173 cm³/mol. The van der Waals surface area contributed by atoms with E-state index >= 15 is 0 Å². The Morgan fingerprint density at radius 2 is 0.745 bits per heavy atom. The maximum absolute atomic E-state index is 13.2. The highest BCUT2D eigenvalue weighted by molar-refractivity contribution is 5.93. The molecule has 1 fully saturated rings. The van der Waals surface area contributed by atoms with Crippen LogP contribution in [0.3, 0.4) is 0 Å². The Hall–Kier alpha value is -7.68. The molecule has 1 aliphatic heterocycles. The molecular weight excluding hydrogens is 744 g/mol. The van der Waals surface area contributed by atoms with Crippen molar-refractivity contribution in [2.75, 3.05) is 6.61 Å². The molecule has 290 valence electrons. The van der Waals surface area contributed by atoms with Crippen molar-refractivity contribution in [2.24, 2.45) is 0 Å². The number of carbonyl (C=O) groups excluding carboxylic acids is 4. The fourth-order valence-corrected chi connectivity index (χ4v) is 5.03. The van der Waals surface area contributed by atoms with Crippen molar-refractivity contribution >= 4 is 23.9 Å². The maximum atomic E-state index is 13.2. The molecule has 0 radical (unpaired) electrons. The third kappa shape index (κ3) is 8.20. The van der Waals surface area contributed by atoms with Gasteiger partial charge in [0.15, 0.2) is 75.1 Å². The largest absolute Gasteiger partial charge is 0.504 e. The molecule has 0 spiro atoms. The SMILES string of the molecule is O=C(OCC1OC(OC(=O)c2cc(O)c(O)c(O)c2)C(OC(=O)c2cc(O)c(O)c(O)c2)CC1OC(=O)c1cc(O)c(O)c(O)c1)c1cc(O)c(O)c(O)c1. The highest BCUT2D eigenvalue weighted by atomic mass is 16.7. The Balaban J connectivity index is 1.50. The van der Waals surface area contributed by atoms with Gasteiger partial charge in [0.2, 0.25) is 6.29 Å². The van der Waals surface area contributed by atoms with Gasteiger partial charge in [0.05, 0.1) is 22.3 Å². The summed E-state index contributed by atoms with van der Waals surface area (Å²) < 4.78 is 27.2. The number of hydrogen-bond donors (Lipinski definition) is 12. The van der Waals surface area contributed by atoms with Crippen LogP contribution in [0.15, 0.2) is 48.5 Å². The van der Waals surface area contributed by atoms with Crippen molar-refractivity contribution in [3.05, 3.63) is 70.8 Å². The number of carbonyl (C=O) groups is 4. The van der Waals surface area contributed by atoms with Crippen LogP contribution in [0.5, 0.6) is 69.0 Å². The summed E-state index contributed by atoms with van der Waals surface area (Å²) in [5, 5.41) is 118. The Morgan fingerprint density at radius 1 is 0.455 bits per heavy atom. The van der Waals surface area contributed by atoms with Gasteiger partial charge < -0.3 is 85.0 Å². The van der Waals surface area contributed by atoms with Crippen LogP contribution < -0.4 is 0 Å². The van der Waals surface area contributed by atoms with Gasteiger partial charge in [-0.15, -0.1) is 0 Å². The minimum atomic E-state index is -2.06. The summed E-state index contributed by atoms with van der Waals surface area (Å²) >= 11 is 0. The first-order valence-corrected chi connectivity index (χ1v) is 15.3. The lowest BCUT2D eigenvalue weighted by Gasteiger charge is -2.39. The summed E-state index contributed by atoms with van der Waals surface area (Å²) in [7, 11) is 0. The van der Waals surface area contributed by atoms with E-state index in [0.29, 0.717) is 36.4 Å². The van der Waals surface area contributed by atoms with Crippen molar-refractivity contribution < 1.29 is 104 Å². The molecule has 0 aliphatic carbocycles. The molecule has 5 rings (SSSR count). The molecule has 1 aliphatic rings. The summed E-state index contributed by atoms with van der Waals surface area (Å²) in [6.45, 7) is -0.916. The zero-order chi connectivity index (χ0) is 40.5. The van der Waals surface area contributed by atoms with Gasteiger partial charge in [-0.3, -0.25) is 0 Å².